The van der Waals surface area contributed by atoms with Crippen LogP contribution in [0.3, 0.4) is 0 Å². The summed E-state index contributed by atoms with van der Waals surface area (Å²) >= 11 is 0. The Morgan fingerprint density at radius 3 is 2.56 bits per heavy atom. The number of fused-ring (bicyclic) bond motifs is 2. The van der Waals surface area contributed by atoms with Crippen LogP contribution in [0.2, 0.25) is 0 Å². The number of carbonyl (C=O) groups excluding carboxylic acids is 2. The molecule has 0 spiro atoms. The topological polar surface area (TPSA) is 79.3 Å². The molecule has 2 saturated heterocycles. The molecule has 7 heteroatoms. The van der Waals surface area contributed by atoms with Gasteiger partial charge in [-0.05, 0) is 39.2 Å². The number of likely N-dealkylation sites (tertiary alicyclic amines) is 1. The van der Waals surface area contributed by atoms with Crippen LogP contribution in [0, 0.1) is 0 Å². The summed E-state index contributed by atoms with van der Waals surface area (Å²) in [7, 11) is 0. The minimum atomic E-state index is -0.809. The summed E-state index contributed by atoms with van der Waals surface area (Å²) in [5.74, 6) is 0. The largest absolute Gasteiger partial charge is 0.445 e. The summed E-state index contributed by atoms with van der Waals surface area (Å²) in [4.78, 5) is 28.5. The van der Waals surface area contributed by atoms with Crippen molar-refractivity contribution in [2.75, 3.05) is 19.7 Å². The third-order valence-corrected chi connectivity index (χ3v) is 5.08. The third-order valence-electron chi connectivity index (χ3n) is 5.08. The highest BCUT2D eigenvalue weighted by Crippen LogP contribution is 2.40. The molecule has 7 nitrogen and oxygen atoms in total. The fourth-order valence-corrected chi connectivity index (χ4v) is 3.88. The van der Waals surface area contributed by atoms with Crippen LogP contribution >= 0.6 is 0 Å². The smallest absolute Gasteiger partial charge is 0.411 e. The first-order chi connectivity index (χ1) is 12.7. The lowest BCUT2D eigenvalue weighted by molar-refractivity contribution is -0.0488. The number of hydrogen-bond donors (Lipinski definition) is 1. The van der Waals surface area contributed by atoms with E-state index in [0.29, 0.717) is 13.0 Å². The van der Waals surface area contributed by atoms with Crippen molar-refractivity contribution in [3.63, 3.8) is 0 Å². The molecule has 2 aliphatic rings. The quantitative estimate of drug-likeness (QED) is 0.877. The summed E-state index contributed by atoms with van der Waals surface area (Å²) in [6.07, 6.45) is 0.502. The maximum absolute atomic E-state index is 12.7. The minimum Gasteiger partial charge on any atom is -0.445 e. The van der Waals surface area contributed by atoms with Gasteiger partial charge in [0, 0.05) is 13.1 Å². The van der Waals surface area contributed by atoms with Crippen LogP contribution < -0.4 is 0 Å². The Kier molecular flexibility index (Phi) is 5.33. The van der Waals surface area contributed by atoms with Crippen molar-refractivity contribution in [2.45, 2.75) is 57.4 Å². The summed E-state index contributed by atoms with van der Waals surface area (Å²) in [5.41, 5.74) is -0.506. The van der Waals surface area contributed by atoms with E-state index in [-0.39, 0.29) is 25.8 Å². The van der Waals surface area contributed by atoms with Gasteiger partial charge in [0.2, 0.25) is 0 Å². The number of hydrogen-bond acceptors (Lipinski definition) is 5. The second-order valence-electron chi connectivity index (χ2n) is 8.35. The van der Waals surface area contributed by atoms with Crippen LogP contribution in [0.4, 0.5) is 9.59 Å². The molecule has 27 heavy (non-hydrogen) atoms. The third kappa shape index (κ3) is 4.18. The van der Waals surface area contributed by atoms with Gasteiger partial charge in [-0.3, -0.25) is 4.90 Å². The first-order valence-corrected chi connectivity index (χ1v) is 9.33. The standard InChI is InChI=1S/C20H28N2O5/c1-19(2,3)27-18(25)22-16-9-10-20(22,14-23)13-21(11-16)17(24)26-12-15-7-5-4-6-8-15/h4-8,16,23H,9-14H2,1-3H3/t16-,20+/m0/s1. The van der Waals surface area contributed by atoms with E-state index >= 15 is 0 Å². The van der Waals surface area contributed by atoms with Gasteiger partial charge in [0.1, 0.15) is 12.2 Å². The number of piperazine rings is 1. The summed E-state index contributed by atoms with van der Waals surface area (Å²) in [5, 5.41) is 10.1. The molecular formula is C20H28N2O5. The predicted molar refractivity (Wildman–Crippen MR) is 99.1 cm³/mol. The van der Waals surface area contributed by atoms with Gasteiger partial charge in [0.05, 0.1) is 18.2 Å². The molecule has 3 rings (SSSR count). The molecule has 1 N–H and O–H groups in total. The molecule has 2 fully saturated rings. The zero-order chi connectivity index (χ0) is 19.7. The summed E-state index contributed by atoms with van der Waals surface area (Å²) < 4.78 is 11.0. The second kappa shape index (κ2) is 7.38. The van der Waals surface area contributed by atoms with Gasteiger partial charge >= 0.3 is 12.2 Å². The molecule has 2 aliphatic heterocycles. The predicted octanol–water partition coefficient (Wildman–Crippen LogP) is 2.77. The highest BCUT2D eigenvalue weighted by atomic mass is 16.6. The average molecular weight is 376 g/mol. The van der Waals surface area contributed by atoms with E-state index in [4.69, 9.17) is 9.47 Å². The highest BCUT2D eigenvalue weighted by Gasteiger charge is 2.55. The molecule has 2 bridgehead atoms. The van der Waals surface area contributed by atoms with Crippen LogP contribution in [0.15, 0.2) is 30.3 Å². The summed E-state index contributed by atoms with van der Waals surface area (Å²) in [6.45, 7) is 6.05. The summed E-state index contributed by atoms with van der Waals surface area (Å²) in [6, 6.07) is 9.31. The van der Waals surface area contributed by atoms with E-state index in [9.17, 15) is 14.7 Å². The van der Waals surface area contributed by atoms with Gasteiger partial charge < -0.3 is 19.5 Å². The van der Waals surface area contributed by atoms with Gasteiger partial charge in [-0.25, -0.2) is 9.59 Å². The Bertz CT molecular complexity index is 687. The molecule has 0 aromatic heterocycles. The van der Waals surface area contributed by atoms with Gasteiger partial charge in [-0.2, -0.15) is 0 Å². The van der Waals surface area contributed by atoms with Gasteiger partial charge in [-0.1, -0.05) is 30.3 Å². The van der Waals surface area contributed by atoms with E-state index in [0.717, 1.165) is 12.0 Å². The molecular weight excluding hydrogens is 348 g/mol. The zero-order valence-electron chi connectivity index (χ0n) is 16.2. The fourth-order valence-electron chi connectivity index (χ4n) is 3.88. The number of rotatable bonds is 3. The molecule has 148 valence electrons. The number of benzene rings is 1. The monoisotopic (exact) mass is 376 g/mol. The Hall–Kier alpha value is -2.28. The maximum atomic E-state index is 12.7. The van der Waals surface area contributed by atoms with Crippen molar-refractivity contribution in [2.24, 2.45) is 0 Å². The van der Waals surface area contributed by atoms with Crippen LogP contribution in [0.25, 0.3) is 0 Å². The highest BCUT2D eigenvalue weighted by molar-refractivity contribution is 5.73. The normalized spacial score (nSPS) is 24.7. The van der Waals surface area contributed by atoms with Crippen molar-refractivity contribution < 1.29 is 24.2 Å². The maximum Gasteiger partial charge on any atom is 0.411 e. The zero-order valence-corrected chi connectivity index (χ0v) is 16.2. The van der Waals surface area contributed by atoms with Gasteiger partial charge in [0.15, 0.2) is 0 Å². The molecule has 2 amide bonds. The number of aliphatic hydroxyl groups excluding tert-OH is 1. The number of ether oxygens (including phenoxy) is 2. The molecule has 0 saturated carbocycles. The lowest BCUT2D eigenvalue weighted by Gasteiger charge is -2.47. The number of aliphatic hydroxyl groups is 1. The Morgan fingerprint density at radius 2 is 1.93 bits per heavy atom. The van der Waals surface area contributed by atoms with E-state index < -0.39 is 23.3 Å². The Labute approximate surface area is 159 Å². The Balaban J connectivity index is 1.67. The Morgan fingerprint density at radius 1 is 1.22 bits per heavy atom. The van der Waals surface area contributed by atoms with E-state index in [1.54, 1.807) is 9.80 Å². The number of amides is 2. The van der Waals surface area contributed by atoms with Gasteiger partial charge in [0.25, 0.3) is 0 Å². The lowest BCUT2D eigenvalue weighted by Crippen LogP contribution is -2.66. The second-order valence-corrected chi connectivity index (χ2v) is 8.35. The number of carbonyl (C=O) groups is 2. The molecule has 1 aromatic rings. The van der Waals surface area contributed by atoms with Crippen LogP contribution in [0.1, 0.15) is 39.2 Å². The van der Waals surface area contributed by atoms with Crippen molar-refractivity contribution in [3.8, 4) is 0 Å². The number of nitrogens with zero attached hydrogens (tertiary/aromatic N) is 2. The fraction of sp³-hybridized carbons (Fsp3) is 0.600. The molecule has 0 radical (unpaired) electrons. The van der Waals surface area contributed by atoms with E-state index in [2.05, 4.69) is 0 Å². The lowest BCUT2D eigenvalue weighted by atomic mass is 9.96. The molecule has 2 heterocycles. The van der Waals surface area contributed by atoms with Crippen LogP contribution in [-0.2, 0) is 16.1 Å². The molecule has 0 unspecified atom stereocenters. The van der Waals surface area contributed by atoms with Crippen molar-refractivity contribution >= 4 is 12.2 Å². The van der Waals surface area contributed by atoms with Crippen LogP contribution in [-0.4, -0.2) is 64.0 Å². The SMILES string of the molecule is CC(C)(C)OC(=O)N1[C@H]2CC[C@]1(CO)CN(C(=O)OCc1ccccc1)C2. The molecule has 0 aliphatic carbocycles. The van der Waals surface area contributed by atoms with Crippen LogP contribution in [0.5, 0.6) is 0 Å². The first-order valence-electron chi connectivity index (χ1n) is 9.33. The molecule has 2 atom stereocenters. The van der Waals surface area contributed by atoms with Crippen molar-refractivity contribution in [3.05, 3.63) is 35.9 Å². The van der Waals surface area contributed by atoms with Crippen molar-refractivity contribution in [1.29, 1.82) is 0 Å². The van der Waals surface area contributed by atoms with Crippen molar-refractivity contribution in [1.82, 2.24) is 9.80 Å². The van der Waals surface area contributed by atoms with E-state index in [1.165, 1.54) is 0 Å². The van der Waals surface area contributed by atoms with Gasteiger partial charge in [-0.15, -0.1) is 0 Å². The van der Waals surface area contributed by atoms with E-state index in [1.807, 2.05) is 51.1 Å². The molecule has 1 aromatic carbocycles. The first kappa shape index (κ1) is 19.5. The average Bonchev–Trinajstić information content (AvgIpc) is 2.86. The minimum absolute atomic E-state index is 0.176.